The molecule has 0 aromatic heterocycles. The van der Waals surface area contributed by atoms with Crippen LogP contribution in [0, 0.1) is 0 Å². The Labute approximate surface area is 348 Å². The van der Waals surface area contributed by atoms with Crippen LogP contribution in [-0.2, 0) is 51.0 Å². The Morgan fingerprint density at radius 2 is 0.966 bits per heavy atom. The van der Waals surface area contributed by atoms with Crippen molar-refractivity contribution in [3.63, 3.8) is 0 Å². The molecule has 2 N–H and O–H groups in total. The summed E-state index contributed by atoms with van der Waals surface area (Å²) in [4.78, 5) is 49.2. The zero-order valence-electron chi connectivity index (χ0n) is 32.8. The Morgan fingerprint density at radius 1 is 0.586 bits per heavy atom. The van der Waals surface area contributed by atoms with Crippen molar-refractivity contribution in [3.8, 4) is 11.5 Å². The molecule has 58 heavy (non-hydrogen) atoms. The molecule has 0 bridgehead atoms. The summed E-state index contributed by atoms with van der Waals surface area (Å²) in [6, 6.07) is 27.9. The third kappa shape index (κ3) is 16.2. The average Bonchev–Trinajstić information content (AvgIpc) is 3.22. The fourth-order valence-corrected chi connectivity index (χ4v) is 5.82. The Balaban J connectivity index is 1.31. The van der Waals surface area contributed by atoms with Gasteiger partial charge in [0.25, 0.3) is 0 Å². The van der Waals surface area contributed by atoms with E-state index in [2.05, 4.69) is 10.6 Å². The molecule has 0 spiro atoms. The van der Waals surface area contributed by atoms with E-state index in [1.165, 1.54) is 14.2 Å². The molecule has 4 atom stereocenters. The maximum absolute atomic E-state index is 13.1. The van der Waals surface area contributed by atoms with Gasteiger partial charge in [-0.2, -0.15) is 0 Å². The molecule has 308 valence electrons. The van der Waals surface area contributed by atoms with E-state index >= 15 is 0 Å². The highest BCUT2D eigenvalue weighted by atomic mass is 35.5. The van der Waals surface area contributed by atoms with Gasteiger partial charge in [-0.25, -0.2) is 9.59 Å². The van der Waals surface area contributed by atoms with Gasteiger partial charge in [-0.05, 0) is 84.6 Å². The van der Waals surface area contributed by atoms with Gasteiger partial charge in [-0.3, -0.25) is 9.59 Å². The Kier molecular flexibility index (Phi) is 18.5. The van der Waals surface area contributed by atoms with Crippen molar-refractivity contribution in [2.75, 3.05) is 40.5 Å². The van der Waals surface area contributed by atoms with Gasteiger partial charge in [0.15, 0.2) is 0 Å². The van der Waals surface area contributed by atoms with Crippen LogP contribution >= 0.6 is 23.2 Å². The van der Waals surface area contributed by atoms with E-state index in [4.69, 9.17) is 51.6 Å². The monoisotopic (exact) mass is 834 g/mol. The molecule has 0 saturated carbocycles. The minimum absolute atomic E-state index is 0.155. The molecular weight excluding hydrogens is 787 g/mol. The molecule has 0 unspecified atom stereocenters. The summed E-state index contributed by atoms with van der Waals surface area (Å²) < 4.78 is 32.8. The Bertz CT molecular complexity index is 1830. The Hall–Kier alpha value is -5.40. The zero-order valence-corrected chi connectivity index (χ0v) is 34.3. The van der Waals surface area contributed by atoms with Crippen LogP contribution in [-0.4, -0.2) is 76.5 Å². The van der Waals surface area contributed by atoms with E-state index in [0.29, 0.717) is 45.9 Å². The Morgan fingerprint density at radius 3 is 1.31 bits per heavy atom. The quantitative estimate of drug-likeness (QED) is 0.0479. The van der Waals surface area contributed by atoms with E-state index in [0.717, 1.165) is 23.3 Å². The first-order valence-electron chi connectivity index (χ1n) is 18.5. The fraction of sp³-hybridized carbons (Fsp3) is 0.318. The predicted molar refractivity (Wildman–Crippen MR) is 220 cm³/mol. The van der Waals surface area contributed by atoms with Crippen molar-refractivity contribution in [2.45, 2.75) is 51.0 Å². The maximum atomic E-state index is 13.1. The summed E-state index contributed by atoms with van der Waals surface area (Å²) in [6.07, 6.45) is 0.879. The molecule has 4 aromatic carbocycles. The van der Waals surface area contributed by atoms with Gasteiger partial charge in [0.05, 0.1) is 27.1 Å². The molecule has 0 aliphatic rings. The average molecular weight is 836 g/mol. The number of rotatable bonds is 22. The summed E-state index contributed by atoms with van der Waals surface area (Å²) in [6.45, 7) is 4.90. The lowest BCUT2D eigenvalue weighted by atomic mass is 10.1. The van der Waals surface area contributed by atoms with Gasteiger partial charge in [-0.15, -0.1) is 0 Å². The van der Waals surface area contributed by atoms with Gasteiger partial charge >= 0.3 is 23.9 Å². The second-order valence-corrected chi connectivity index (χ2v) is 14.2. The first-order valence-corrected chi connectivity index (χ1v) is 19.3. The van der Waals surface area contributed by atoms with Crippen molar-refractivity contribution >= 4 is 47.1 Å². The van der Waals surface area contributed by atoms with E-state index in [1.54, 1.807) is 97.1 Å². The van der Waals surface area contributed by atoms with Crippen LogP contribution in [0.15, 0.2) is 109 Å². The number of ether oxygens (including phenoxy) is 6. The van der Waals surface area contributed by atoms with Crippen molar-refractivity contribution < 1.29 is 47.6 Å². The number of hydrogen-bond donors (Lipinski definition) is 2. The summed E-state index contributed by atoms with van der Waals surface area (Å²) >= 11 is 12.5. The highest BCUT2D eigenvalue weighted by Gasteiger charge is 2.20. The molecule has 0 aliphatic heterocycles. The number of methoxy groups -OCH3 is 2. The van der Waals surface area contributed by atoms with Crippen LogP contribution in [0.4, 0.5) is 0 Å². The van der Waals surface area contributed by atoms with Crippen molar-refractivity contribution in [3.05, 3.63) is 142 Å². The van der Waals surface area contributed by atoms with Gasteiger partial charge in [-0.1, -0.05) is 71.7 Å². The van der Waals surface area contributed by atoms with Crippen molar-refractivity contribution in [2.24, 2.45) is 0 Å². The largest absolute Gasteiger partial charge is 0.492 e. The summed E-state index contributed by atoms with van der Waals surface area (Å²) in [5.41, 5.74) is 2.92. The van der Waals surface area contributed by atoms with Crippen LogP contribution < -0.4 is 20.1 Å². The highest BCUT2D eigenvalue weighted by Crippen LogP contribution is 2.23. The summed E-state index contributed by atoms with van der Waals surface area (Å²) in [7, 11) is 2.69. The molecule has 0 saturated heterocycles. The third-order valence-electron chi connectivity index (χ3n) is 8.62. The molecule has 0 amide bonds. The van der Waals surface area contributed by atoms with Crippen molar-refractivity contribution in [1.82, 2.24) is 10.6 Å². The van der Waals surface area contributed by atoms with Crippen LogP contribution in [0.25, 0.3) is 0 Å². The van der Waals surface area contributed by atoms with Gasteiger partial charge < -0.3 is 39.1 Å². The molecule has 0 fully saturated rings. The molecular formula is C44H48Cl2N2O10. The third-order valence-corrected chi connectivity index (χ3v) is 9.09. The van der Waals surface area contributed by atoms with Crippen LogP contribution in [0.1, 0.15) is 48.3 Å². The number of esters is 4. The molecule has 0 radical (unpaired) electrons. The number of carbonyl (C=O) groups is 4. The molecule has 0 aliphatic carbocycles. The van der Waals surface area contributed by atoms with Crippen LogP contribution in [0.3, 0.4) is 0 Å². The molecule has 4 rings (SSSR count). The minimum Gasteiger partial charge on any atom is -0.492 e. The number of benzene rings is 4. The molecule has 14 heteroatoms. The van der Waals surface area contributed by atoms with Crippen LogP contribution in [0.2, 0.25) is 10.0 Å². The summed E-state index contributed by atoms with van der Waals surface area (Å²) in [5, 5.41) is 7.58. The minimum atomic E-state index is -0.763. The second-order valence-electron chi connectivity index (χ2n) is 13.3. The fourth-order valence-electron chi connectivity index (χ4n) is 5.43. The number of halogens is 2. The predicted octanol–water partition coefficient (Wildman–Crippen LogP) is 6.96. The van der Waals surface area contributed by atoms with E-state index in [1.807, 2.05) is 13.8 Å². The first kappa shape index (κ1) is 45.3. The lowest BCUT2D eigenvalue weighted by molar-refractivity contribution is -0.146. The summed E-state index contributed by atoms with van der Waals surface area (Å²) in [5.74, 6) is -0.910. The lowest BCUT2D eigenvalue weighted by Crippen LogP contribution is -2.36. The topological polar surface area (TPSA) is 148 Å². The second kappa shape index (κ2) is 23.7. The first-order chi connectivity index (χ1) is 27.9. The van der Waals surface area contributed by atoms with E-state index < -0.39 is 24.1 Å². The van der Waals surface area contributed by atoms with E-state index in [9.17, 15) is 19.2 Å². The normalized spacial score (nSPS) is 13.1. The smallest absolute Gasteiger partial charge is 0.331 e. The molecule has 4 aromatic rings. The molecule has 12 nitrogen and oxygen atoms in total. The number of hydrogen-bond acceptors (Lipinski definition) is 12. The SMILES string of the molecule is COC(=O)Cc1ccc(OC[C@@H](C)NC[C@H](OC(=O)/C=C/C(=O)O[C@@H](CN[C@H](C)COc2ccc(CC(=O)OC)cc2)c2cccc(Cl)c2)c2cccc(Cl)c2)cc1. The van der Waals surface area contributed by atoms with E-state index in [-0.39, 0.29) is 50.0 Å². The van der Waals surface area contributed by atoms with Crippen LogP contribution in [0.5, 0.6) is 11.5 Å². The standard InChI is InChI=1S/C44H48Cl2N2O10/c1-29(27-55-37-15-11-31(12-16-37)21-43(51)53-3)47-25-39(33-7-5-9-35(45)23-33)57-41(49)19-20-42(50)58-40(34-8-6-10-36(46)24-34)26-48-30(2)28-56-38-17-13-32(14-18-38)22-44(52)54-4/h5-20,23-24,29-30,39-40,47-48H,21-22,25-28H2,1-4H3/b20-19+/t29-,30-,39+,40+/m1/s1. The van der Waals surface area contributed by atoms with Gasteiger partial charge in [0, 0.05) is 47.4 Å². The van der Waals surface area contributed by atoms with Gasteiger partial charge in [0.2, 0.25) is 0 Å². The highest BCUT2D eigenvalue weighted by molar-refractivity contribution is 6.30. The maximum Gasteiger partial charge on any atom is 0.331 e. The number of nitrogens with one attached hydrogen (secondary N) is 2. The zero-order chi connectivity index (χ0) is 41.9. The lowest BCUT2D eigenvalue weighted by Gasteiger charge is -2.22. The number of carbonyl (C=O) groups excluding carboxylic acids is 4. The van der Waals surface area contributed by atoms with Crippen molar-refractivity contribution in [1.29, 1.82) is 0 Å². The van der Waals surface area contributed by atoms with Gasteiger partial charge in [0.1, 0.15) is 36.9 Å². The molecule has 0 heterocycles.